The van der Waals surface area contributed by atoms with E-state index in [4.69, 9.17) is 5.11 Å². The van der Waals surface area contributed by atoms with E-state index in [-0.39, 0.29) is 17.6 Å². The van der Waals surface area contributed by atoms with E-state index in [0.29, 0.717) is 5.00 Å². The van der Waals surface area contributed by atoms with Crippen molar-refractivity contribution in [1.29, 1.82) is 0 Å². The summed E-state index contributed by atoms with van der Waals surface area (Å²) in [4.78, 5) is 23.9. The van der Waals surface area contributed by atoms with Crippen LogP contribution in [0.3, 0.4) is 0 Å². The first-order valence-corrected chi connectivity index (χ1v) is 7.73. The van der Waals surface area contributed by atoms with Gasteiger partial charge >= 0.3 is 12.0 Å². The summed E-state index contributed by atoms with van der Waals surface area (Å²) in [6.07, 6.45) is 0.751. The number of hydrogen-bond acceptors (Lipinski definition) is 4. The summed E-state index contributed by atoms with van der Waals surface area (Å²) in [7, 11) is 0. The Morgan fingerprint density at radius 2 is 2.10 bits per heavy atom. The summed E-state index contributed by atoms with van der Waals surface area (Å²) in [6.45, 7) is 1.91. The van der Waals surface area contributed by atoms with Crippen molar-refractivity contribution in [3.63, 3.8) is 0 Å². The molecule has 0 bridgehead atoms. The maximum atomic E-state index is 11.8. The molecule has 1 unspecified atom stereocenters. The van der Waals surface area contributed by atoms with Gasteiger partial charge in [0.15, 0.2) is 0 Å². The van der Waals surface area contributed by atoms with E-state index in [9.17, 15) is 9.59 Å². The molecule has 0 aliphatic heterocycles. The van der Waals surface area contributed by atoms with Gasteiger partial charge in [-0.05, 0) is 29.8 Å². The molecule has 2 aromatic rings. The molecule has 1 atom stereocenters. The fourth-order valence-corrected chi connectivity index (χ4v) is 3.33. The molecule has 2 heterocycles. The highest BCUT2D eigenvalue weighted by Crippen LogP contribution is 2.22. The van der Waals surface area contributed by atoms with E-state index in [2.05, 4.69) is 10.6 Å². The van der Waals surface area contributed by atoms with Crippen LogP contribution in [0.15, 0.2) is 29.0 Å². The molecular weight excluding hydrogens is 296 g/mol. The number of aromatic carboxylic acids is 1. The van der Waals surface area contributed by atoms with Crippen molar-refractivity contribution in [2.24, 2.45) is 0 Å². The number of carboxylic acids is 1. The maximum absolute atomic E-state index is 11.8. The van der Waals surface area contributed by atoms with Gasteiger partial charge in [0.25, 0.3) is 0 Å². The number of carboxylic acid groups (broad SMARTS) is 1. The SMILES string of the molecule is CC(Cc1cccs1)NC(=O)Nc1sccc1C(=O)O. The monoisotopic (exact) mass is 310 g/mol. The van der Waals surface area contributed by atoms with E-state index in [1.807, 2.05) is 24.4 Å². The van der Waals surface area contributed by atoms with E-state index in [1.54, 1.807) is 16.7 Å². The van der Waals surface area contributed by atoms with E-state index >= 15 is 0 Å². The van der Waals surface area contributed by atoms with E-state index in [1.165, 1.54) is 22.3 Å². The van der Waals surface area contributed by atoms with Gasteiger partial charge in [-0.15, -0.1) is 22.7 Å². The van der Waals surface area contributed by atoms with Gasteiger partial charge in [-0.3, -0.25) is 5.32 Å². The second kappa shape index (κ2) is 6.53. The average Bonchev–Trinajstić information content (AvgIpc) is 2.99. The number of anilines is 1. The molecule has 0 aliphatic carbocycles. The lowest BCUT2D eigenvalue weighted by Gasteiger charge is -2.13. The van der Waals surface area contributed by atoms with E-state index < -0.39 is 5.97 Å². The van der Waals surface area contributed by atoms with Crippen LogP contribution in [0.4, 0.5) is 9.80 Å². The molecule has 20 heavy (non-hydrogen) atoms. The first-order chi connectivity index (χ1) is 9.56. The number of urea groups is 1. The molecule has 0 saturated heterocycles. The van der Waals surface area contributed by atoms with E-state index in [0.717, 1.165) is 6.42 Å². The lowest BCUT2D eigenvalue weighted by Crippen LogP contribution is -2.37. The van der Waals surface area contributed by atoms with Crippen LogP contribution in [0.2, 0.25) is 0 Å². The Morgan fingerprint density at radius 1 is 1.30 bits per heavy atom. The Bertz CT molecular complexity index is 593. The molecule has 0 aliphatic rings. The minimum atomic E-state index is -1.05. The third-order valence-corrected chi connectivity index (χ3v) is 4.32. The van der Waals surface area contributed by atoms with Gasteiger partial charge < -0.3 is 10.4 Å². The van der Waals surface area contributed by atoms with Gasteiger partial charge in [0.1, 0.15) is 5.00 Å². The number of carbonyl (C=O) groups is 2. The van der Waals surface area contributed by atoms with Crippen LogP contribution in [0.5, 0.6) is 0 Å². The molecule has 106 valence electrons. The lowest BCUT2D eigenvalue weighted by atomic mass is 10.2. The zero-order valence-electron chi connectivity index (χ0n) is 10.8. The normalized spacial score (nSPS) is 11.8. The molecular formula is C13H14N2O3S2. The highest BCUT2D eigenvalue weighted by atomic mass is 32.1. The number of thiophene rings is 2. The van der Waals surface area contributed by atoms with Crippen LogP contribution < -0.4 is 10.6 Å². The number of carbonyl (C=O) groups excluding carboxylic acids is 1. The van der Waals surface area contributed by atoms with Crippen LogP contribution in [0.1, 0.15) is 22.2 Å². The van der Waals surface area contributed by atoms with Gasteiger partial charge in [-0.1, -0.05) is 6.07 Å². The summed E-state index contributed by atoms with van der Waals surface area (Å²) in [6, 6.07) is 5.04. The lowest BCUT2D eigenvalue weighted by molar-refractivity contribution is 0.0698. The van der Waals surface area contributed by atoms with Crippen molar-refractivity contribution in [3.05, 3.63) is 39.4 Å². The minimum Gasteiger partial charge on any atom is -0.478 e. The topological polar surface area (TPSA) is 78.4 Å². The molecule has 0 spiro atoms. The first-order valence-electron chi connectivity index (χ1n) is 5.97. The van der Waals surface area contributed by atoms with Crippen molar-refractivity contribution in [2.45, 2.75) is 19.4 Å². The highest BCUT2D eigenvalue weighted by Gasteiger charge is 2.15. The molecule has 3 N–H and O–H groups in total. The zero-order valence-corrected chi connectivity index (χ0v) is 12.4. The van der Waals surface area contributed by atoms with Gasteiger partial charge in [-0.25, -0.2) is 9.59 Å². The standard InChI is InChI=1S/C13H14N2O3S2/c1-8(7-9-3-2-5-19-9)14-13(18)15-11-10(12(16)17)4-6-20-11/h2-6,8H,7H2,1H3,(H,16,17)(H2,14,15,18). The number of rotatable bonds is 5. The van der Waals surface area contributed by atoms with Gasteiger partial charge in [0.2, 0.25) is 0 Å². The van der Waals surface area contributed by atoms with Crippen molar-refractivity contribution in [2.75, 3.05) is 5.32 Å². The zero-order chi connectivity index (χ0) is 14.5. The second-order valence-corrected chi connectivity index (χ2v) is 6.20. The Morgan fingerprint density at radius 3 is 2.75 bits per heavy atom. The third kappa shape index (κ3) is 3.82. The predicted molar refractivity (Wildman–Crippen MR) is 80.9 cm³/mol. The maximum Gasteiger partial charge on any atom is 0.338 e. The predicted octanol–water partition coefficient (Wildman–Crippen LogP) is 3.26. The quantitative estimate of drug-likeness (QED) is 0.793. The van der Waals surface area contributed by atoms with Crippen molar-refractivity contribution in [3.8, 4) is 0 Å². The average molecular weight is 310 g/mol. The van der Waals surface area contributed by atoms with Crippen molar-refractivity contribution in [1.82, 2.24) is 5.32 Å². The summed E-state index contributed by atoms with van der Waals surface area (Å²) >= 11 is 2.83. The number of nitrogens with one attached hydrogen (secondary N) is 2. The van der Waals surface area contributed by atoms with Crippen LogP contribution in [0.25, 0.3) is 0 Å². The number of hydrogen-bond donors (Lipinski definition) is 3. The Labute approximate surface area is 124 Å². The molecule has 0 fully saturated rings. The Hall–Kier alpha value is -1.86. The van der Waals surface area contributed by atoms with Crippen LogP contribution in [-0.4, -0.2) is 23.1 Å². The molecule has 5 nitrogen and oxygen atoms in total. The fraction of sp³-hybridized carbons (Fsp3) is 0.231. The first kappa shape index (κ1) is 14.5. The highest BCUT2D eigenvalue weighted by molar-refractivity contribution is 7.14. The summed E-state index contributed by atoms with van der Waals surface area (Å²) < 4.78 is 0. The molecule has 2 rings (SSSR count). The van der Waals surface area contributed by atoms with Gasteiger partial charge in [0.05, 0.1) is 5.56 Å². The van der Waals surface area contributed by atoms with Crippen LogP contribution in [0, 0.1) is 0 Å². The molecule has 0 aromatic carbocycles. The molecule has 2 amide bonds. The second-order valence-electron chi connectivity index (χ2n) is 4.25. The van der Waals surface area contributed by atoms with Crippen molar-refractivity contribution >= 4 is 39.7 Å². The Balaban J connectivity index is 1.89. The van der Waals surface area contributed by atoms with Crippen LogP contribution >= 0.6 is 22.7 Å². The minimum absolute atomic E-state index is 0.0260. The summed E-state index contributed by atoms with van der Waals surface area (Å²) in [5.41, 5.74) is 0.107. The third-order valence-electron chi connectivity index (χ3n) is 2.59. The molecule has 7 heteroatoms. The largest absolute Gasteiger partial charge is 0.478 e. The number of amides is 2. The molecule has 2 aromatic heterocycles. The summed E-state index contributed by atoms with van der Waals surface area (Å²) in [5.74, 6) is -1.05. The van der Waals surface area contributed by atoms with Gasteiger partial charge in [0, 0.05) is 17.3 Å². The van der Waals surface area contributed by atoms with Crippen LogP contribution in [-0.2, 0) is 6.42 Å². The molecule has 0 radical (unpaired) electrons. The molecule has 0 saturated carbocycles. The Kier molecular flexibility index (Phi) is 4.75. The smallest absolute Gasteiger partial charge is 0.338 e. The van der Waals surface area contributed by atoms with Gasteiger partial charge in [-0.2, -0.15) is 0 Å². The fourth-order valence-electron chi connectivity index (χ4n) is 1.72. The summed E-state index contributed by atoms with van der Waals surface area (Å²) in [5, 5.41) is 18.3. The van der Waals surface area contributed by atoms with Crippen molar-refractivity contribution < 1.29 is 14.7 Å².